The largest absolute Gasteiger partial charge is 0.455 e. The summed E-state index contributed by atoms with van der Waals surface area (Å²) in [6.45, 7) is 0. The average molecular weight is 691 g/mol. The Morgan fingerprint density at radius 3 is 1.59 bits per heavy atom. The normalized spacial score (nSPS) is 11.7. The van der Waals surface area contributed by atoms with Crippen LogP contribution >= 0.6 is 0 Å². The van der Waals surface area contributed by atoms with Crippen LogP contribution in [0.5, 0.6) is 0 Å². The molecule has 54 heavy (non-hydrogen) atoms. The van der Waals surface area contributed by atoms with Crippen LogP contribution in [0, 0.1) is 0 Å². The molecule has 0 aliphatic rings. The highest BCUT2D eigenvalue weighted by molar-refractivity contribution is 6.24. The summed E-state index contributed by atoms with van der Waals surface area (Å²) in [5, 5.41) is 6.68. The first-order valence-electron chi connectivity index (χ1n) is 18.1. The van der Waals surface area contributed by atoms with Crippen LogP contribution < -0.4 is 0 Å². The fraction of sp³-hybridized carbons (Fsp3) is 0. The van der Waals surface area contributed by atoms with Crippen LogP contribution in [-0.2, 0) is 0 Å². The van der Waals surface area contributed by atoms with Crippen LogP contribution in [0.25, 0.3) is 105 Å². The van der Waals surface area contributed by atoms with Gasteiger partial charge in [-0.15, -0.1) is 0 Å². The molecule has 0 N–H and O–H groups in total. The summed E-state index contributed by atoms with van der Waals surface area (Å²) < 4.78 is 9.18. The lowest BCUT2D eigenvalue weighted by atomic mass is 9.93. The van der Waals surface area contributed by atoms with E-state index in [2.05, 4.69) is 114 Å². The van der Waals surface area contributed by atoms with Gasteiger partial charge in [0.15, 0.2) is 17.5 Å². The van der Waals surface area contributed by atoms with Crippen LogP contribution in [0.1, 0.15) is 0 Å². The number of aromatic nitrogens is 4. The van der Waals surface area contributed by atoms with Crippen LogP contribution in [-0.4, -0.2) is 19.5 Å². The zero-order chi connectivity index (χ0) is 35.6. The lowest BCUT2D eigenvalue weighted by Gasteiger charge is -2.12. The molecule has 0 bridgehead atoms. The van der Waals surface area contributed by atoms with Crippen LogP contribution in [0.2, 0.25) is 0 Å². The molecule has 0 spiro atoms. The maximum atomic E-state index is 6.82. The molecule has 0 amide bonds. The minimum absolute atomic E-state index is 0.594. The Labute approximate surface area is 310 Å². The molecule has 3 heterocycles. The predicted molar refractivity (Wildman–Crippen MR) is 221 cm³/mol. The van der Waals surface area contributed by atoms with Gasteiger partial charge >= 0.3 is 0 Å². The lowest BCUT2D eigenvalue weighted by Crippen LogP contribution is -2.00. The first kappa shape index (κ1) is 30.3. The summed E-state index contributed by atoms with van der Waals surface area (Å²) in [6, 6.07) is 63.2. The minimum atomic E-state index is 0.594. The van der Waals surface area contributed by atoms with Crippen molar-refractivity contribution in [1.82, 2.24) is 19.5 Å². The average Bonchev–Trinajstić information content (AvgIpc) is 3.81. The minimum Gasteiger partial charge on any atom is -0.455 e. The molecule has 0 fully saturated rings. The number of rotatable bonds is 5. The maximum absolute atomic E-state index is 6.82. The first-order chi connectivity index (χ1) is 26.8. The molecule has 0 saturated heterocycles. The van der Waals surface area contributed by atoms with Gasteiger partial charge in [-0.2, -0.15) is 0 Å². The van der Waals surface area contributed by atoms with Crippen molar-refractivity contribution < 1.29 is 4.42 Å². The Hall–Kier alpha value is -7.37. The molecule has 0 radical (unpaired) electrons. The van der Waals surface area contributed by atoms with Gasteiger partial charge in [0, 0.05) is 49.3 Å². The van der Waals surface area contributed by atoms with Crippen molar-refractivity contribution >= 4 is 54.5 Å². The molecule has 8 aromatic carbocycles. The summed E-state index contributed by atoms with van der Waals surface area (Å²) in [7, 11) is 0. The molecule has 0 atom stereocenters. The second-order valence-electron chi connectivity index (χ2n) is 13.6. The van der Waals surface area contributed by atoms with E-state index in [1.165, 1.54) is 21.8 Å². The lowest BCUT2D eigenvalue weighted by molar-refractivity contribution is 0.673. The molecule has 5 nitrogen and oxygen atoms in total. The molecular weight excluding hydrogens is 661 g/mol. The molecular formula is C49H30N4O. The van der Waals surface area contributed by atoms with Gasteiger partial charge in [0.25, 0.3) is 0 Å². The van der Waals surface area contributed by atoms with Gasteiger partial charge in [0.1, 0.15) is 11.2 Å². The fourth-order valence-corrected chi connectivity index (χ4v) is 7.99. The summed E-state index contributed by atoms with van der Waals surface area (Å²) in [5.74, 6) is 1.84. The van der Waals surface area contributed by atoms with Gasteiger partial charge in [-0.3, -0.25) is 0 Å². The van der Waals surface area contributed by atoms with Gasteiger partial charge in [-0.1, -0.05) is 146 Å². The third-order valence-electron chi connectivity index (χ3n) is 10.4. The molecule has 0 unspecified atom stereocenters. The highest BCUT2D eigenvalue weighted by atomic mass is 16.3. The molecule has 0 saturated carbocycles. The summed E-state index contributed by atoms with van der Waals surface area (Å²) in [5.41, 5.74) is 10.0. The molecule has 11 aromatic rings. The Morgan fingerprint density at radius 1 is 0.389 bits per heavy atom. The third-order valence-corrected chi connectivity index (χ3v) is 10.4. The van der Waals surface area contributed by atoms with E-state index in [4.69, 9.17) is 19.4 Å². The number of hydrogen-bond acceptors (Lipinski definition) is 4. The summed E-state index contributed by atoms with van der Waals surface area (Å²) in [6.07, 6.45) is 0. The van der Waals surface area contributed by atoms with Crippen molar-refractivity contribution in [3.05, 3.63) is 182 Å². The van der Waals surface area contributed by atoms with Crippen LogP contribution in [0.3, 0.4) is 0 Å². The van der Waals surface area contributed by atoms with Crippen molar-refractivity contribution in [2.75, 3.05) is 0 Å². The van der Waals surface area contributed by atoms with Crippen molar-refractivity contribution in [1.29, 1.82) is 0 Å². The SMILES string of the molecule is c1ccc(-c2nc(-c3ccccc3)nc(-c3cccc4oc5c6ccccc6cc(-c6ccc(-n7c8ccccc8c8ccccc87)cc6)c5c34)n2)cc1. The second-order valence-corrected chi connectivity index (χ2v) is 13.6. The van der Waals surface area contributed by atoms with E-state index in [0.29, 0.717) is 17.5 Å². The van der Waals surface area contributed by atoms with E-state index in [1.807, 2.05) is 72.8 Å². The van der Waals surface area contributed by atoms with Gasteiger partial charge < -0.3 is 8.98 Å². The molecule has 11 rings (SSSR count). The molecule has 252 valence electrons. The second kappa shape index (κ2) is 12.1. The van der Waals surface area contributed by atoms with E-state index < -0.39 is 0 Å². The van der Waals surface area contributed by atoms with E-state index in [0.717, 1.165) is 66.2 Å². The van der Waals surface area contributed by atoms with Gasteiger partial charge in [-0.05, 0) is 52.9 Å². The zero-order valence-corrected chi connectivity index (χ0v) is 29.0. The highest BCUT2D eigenvalue weighted by Gasteiger charge is 2.22. The van der Waals surface area contributed by atoms with Crippen molar-refractivity contribution in [3.8, 4) is 51.0 Å². The van der Waals surface area contributed by atoms with E-state index >= 15 is 0 Å². The van der Waals surface area contributed by atoms with E-state index in [1.54, 1.807) is 0 Å². The molecule has 0 aliphatic heterocycles. The quantitative estimate of drug-likeness (QED) is 0.180. The number of benzene rings is 8. The third kappa shape index (κ3) is 4.76. The Balaban J connectivity index is 1.16. The predicted octanol–water partition coefficient (Wildman–Crippen LogP) is 12.7. The maximum Gasteiger partial charge on any atom is 0.164 e. The first-order valence-corrected chi connectivity index (χ1v) is 18.1. The number of fused-ring (bicyclic) bond motifs is 8. The Morgan fingerprint density at radius 2 is 0.944 bits per heavy atom. The van der Waals surface area contributed by atoms with Crippen molar-refractivity contribution in [2.24, 2.45) is 0 Å². The van der Waals surface area contributed by atoms with Crippen LogP contribution in [0.4, 0.5) is 0 Å². The Kier molecular flexibility index (Phi) is 6.79. The van der Waals surface area contributed by atoms with Crippen molar-refractivity contribution in [2.45, 2.75) is 0 Å². The van der Waals surface area contributed by atoms with E-state index in [-0.39, 0.29) is 0 Å². The number of hydrogen-bond donors (Lipinski definition) is 0. The van der Waals surface area contributed by atoms with Gasteiger partial charge in [0.05, 0.1) is 11.0 Å². The molecule has 5 heteroatoms. The van der Waals surface area contributed by atoms with Crippen LogP contribution in [0.15, 0.2) is 186 Å². The standard InChI is InChI=1S/C49H30N4O/c1-3-14-32(15-4-1)47-50-48(33-16-5-2-6-17-33)52-49(51-47)39-22-13-25-43-44(39)45-40(30-34-18-7-8-19-36(34)46(45)54-43)31-26-28-35(29-27-31)53-41-23-11-9-20-37(41)38-21-10-12-24-42(38)53/h1-30H. The highest BCUT2D eigenvalue weighted by Crippen LogP contribution is 2.45. The van der Waals surface area contributed by atoms with Gasteiger partial charge in [-0.25, -0.2) is 15.0 Å². The number of furan rings is 1. The smallest absolute Gasteiger partial charge is 0.164 e. The summed E-state index contributed by atoms with van der Waals surface area (Å²) >= 11 is 0. The molecule has 3 aromatic heterocycles. The van der Waals surface area contributed by atoms with E-state index in [9.17, 15) is 0 Å². The number of para-hydroxylation sites is 2. The number of nitrogens with zero attached hydrogens (tertiary/aromatic N) is 4. The molecule has 0 aliphatic carbocycles. The Bertz CT molecular complexity index is 3090. The van der Waals surface area contributed by atoms with Gasteiger partial charge in [0.2, 0.25) is 0 Å². The summed E-state index contributed by atoms with van der Waals surface area (Å²) in [4.78, 5) is 15.2. The monoisotopic (exact) mass is 690 g/mol. The zero-order valence-electron chi connectivity index (χ0n) is 29.0. The topological polar surface area (TPSA) is 56.7 Å². The fourth-order valence-electron chi connectivity index (χ4n) is 7.99. The van der Waals surface area contributed by atoms with Crippen molar-refractivity contribution in [3.63, 3.8) is 0 Å².